The average Bonchev–Trinajstić information content (AvgIpc) is 2.13. The molecule has 4 heteroatoms. The van der Waals surface area contributed by atoms with Crippen molar-refractivity contribution in [1.29, 1.82) is 0 Å². The molecule has 0 rings (SSSR count). The minimum Gasteiger partial charge on any atom is -0.459 e. The molecule has 0 aromatic carbocycles. The highest BCUT2D eigenvalue weighted by Crippen LogP contribution is 1.94. The second-order valence-corrected chi connectivity index (χ2v) is 2.80. The minimum atomic E-state index is -0.763. The van der Waals surface area contributed by atoms with E-state index in [1.165, 1.54) is 4.90 Å². The van der Waals surface area contributed by atoms with E-state index in [2.05, 4.69) is 4.74 Å². The highest BCUT2D eigenvalue weighted by atomic mass is 16.5. The Bertz CT molecular complexity index is 180. The Hall–Kier alpha value is -1.06. The maximum atomic E-state index is 11.2. The molecule has 13 heavy (non-hydrogen) atoms. The molecule has 1 amide bonds. The number of likely N-dealkylation sites (N-methyl/N-ethyl adjacent to an activating group) is 1. The van der Waals surface area contributed by atoms with Crippen LogP contribution in [0.25, 0.3) is 0 Å². The van der Waals surface area contributed by atoms with Gasteiger partial charge in [-0.2, -0.15) is 0 Å². The van der Waals surface area contributed by atoms with Gasteiger partial charge in [0, 0.05) is 13.6 Å². The molecule has 0 fully saturated rings. The van der Waals surface area contributed by atoms with Crippen LogP contribution in [0.5, 0.6) is 0 Å². The number of hydrogen-bond donors (Lipinski definition) is 0. The number of carbonyl (C=O) groups is 2. The highest BCUT2D eigenvalue weighted by molar-refractivity contribution is 6.32. The molecular formula is C9H17NO3. The van der Waals surface area contributed by atoms with E-state index in [1.54, 1.807) is 14.0 Å². The third kappa shape index (κ3) is 4.50. The van der Waals surface area contributed by atoms with Crippen LogP contribution >= 0.6 is 0 Å². The normalized spacial score (nSPS) is 9.46. The molecule has 0 saturated carbocycles. The van der Waals surface area contributed by atoms with Gasteiger partial charge >= 0.3 is 11.9 Å². The van der Waals surface area contributed by atoms with Crippen LogP contribution in [0.4, 0.5) is 0 Å². The largest absolute Gasteiger partial charge is 0.459 e. The second-order valence-electron chi connectivity index (χ2n) is 2.80. The maximum Gasteiger partial charge on any atom is 0.396 e. The number of hydrogen-bond acceptors (Lipinski definition) is 3. The Balaban J connectivity index is 3.87. The quantitative estimate of drug-likeness (QED) is 0.483. The van der Waals surface area contributed by atoms with Crippen LogP contribution in [-0.2, 0) is 14.3 Å². The molecule has 0 bridgehead atoms. The van der Waals surface area contributed by atoms with Gasteiger partial charge in [-0.25, -0.2) is 4.79 Å². The van der Waals surface area contributed by atoms with Crippen molar-refractivity contribution in [3.05, 3.63) is 0 Å². The summed E-state index contributed by atoms with van der Waals surface area (Å²) in [4.78, 5) is 23.5. The van der Waals surface area contributed by atoms with Gasteiger partial charge in [0.05, 0.1) is 6.61 Å². The van der Waals surface area contributed by atoms with Crippen molar-refractivity contribution in [1.82, 2.24) is 4.90 Å². The number of nitrogens with zero attached hydrogens (tertiary/aromatic N) is 1. The summed E-state index contributed by atoms with van der Waals surface area (Å²) < 4.78 is 4.57. The van der Waals surface area contributed by atoms with E-state index >= 15 is 0 Å². The van der Waals surface area contributed by atoms with Gasteiger partial charge in [0.1, 0.15) is 0 Å². The summed E-state index contributed by atoms with van der Waals surface area (Å²) in [5, 5.41) is 0. The predicted octanol–water partition coefficient (Wildman–Crippen LogP) is 0.808. The van der Waals surface area contributed by atoms with Crippen molar-refractivity contribution in [2.24, 2.45) is 0 Å². The van der Waals surface area contributed by atoms with Crippen molar-refractivity contribution in [2.45, 2.75) is 26.7 Å². The zero-order valence-corrected chi connectivity index (χ0v) is 8.50. The van der Waals surface area contributed by atoms with Crippen LogP contribution in [-0.4, -0.2) is 37.0 Å². The van der Waals surface area contributed by atoms with Crippen molar-refractivity contribution < 1.29 is 14.3 Å². The number of unbranched alkanes of at least 4 members (excludes halogenated alkanes) is 1. The second kappa shape index (κ2) is 6.46. The molecule has 0 aromatic heterocycles. The first-order valence-corrected chi connectivity index (χ1v) is 4.55. The Morgan fingerprint density at radius 1 is 1.31 bits per heavy atom. The zero-order chi connectivity index (χ0) is 10.3. The fraction of sp³-hybridized carbons (Fsp3) is 0.778. The lowest BCUT2D eigenvalue weighted by Crippen LogP contribution is -2.35. The van der Waals surface area contributed by atoms with E-state index in [9.17, 15) is 9.59 Å². The maximum absolute atomic E-state index is 11.2. The lowest BCUT2D eigenvalue weighted by atomic mass is 10.3. The smallest absolute Gasteiger partial charge is 0.396 e. The Kier molecular flexibility index (Phi) is 5.93. The highest BCUT2D eigenvalue weighted by Gasteiger charge is 2.18. The van der Waals surface area contributed by atoms with Crippen molar-refractivity contribution in [2.75, 3.05) is 20.2 Å². The van der Waals surface area contributed by atoms with Gasteiger partial charge in [-0.15, -0.1) is 0 Å². The molecule has 0 saturated heterocycles. The SMILES string of the molecule is CCCCN(C)C(=O)C(=O)OCC. The molecule has 0 unspecified atom stereocenters. The molecule has 0 aliphatic heterocycles. The van der Waals surface area contributed by atoms with E-state index in [1.807, 2.05) is 6.92 Å². The van der Waals surface area contributed by atoms with Crippen molar-refractivity contribution in [3.63, 3.8) is 0 Å². The summed E-state index contributed by atoms with van der Waals surface area (Å²) in [6, 6.07) is 0. The van der Waals surface area contributed by atoms with Gasteiger partial charge in [-0.05, 0) is 13.3 Å². The van der Waals surface area contributed by atoms with E-state index < -0.39 is 11.9 Å². The molecule has 0 aliphatic rings. The van der Waals surface area contributed by atoms with E-state index in [0.717, 1.165) is 12.8 Å². The van der Waals surface area contributed by atoms with Gasteiger partial charge in [-0.1, -0.05) is 13.3 Å². The van der Waals surface area contributed by atoms with Gasteiger partial charge in [0.25, 0.3) is 0 Å². The molecule has 0 spiro atoms. The van der Waals surface area contributed by atoms with Crippen LogP contribution in [0.2, 0.25) is 0 Å². The standard InChI is InChI=1S/C9H17NO3/c1-4-6-7-10(3)8(11)9(12)13-5-2/h4-7H2,1-3H3. The van der Waals surface area contributed by atoms with E-state index in [0.29, 0.717) is 6.54 Å². The number of esters is 1. The van der Waals surface area contributed by atoms with Gasteiger partial charge in [0.15, 0.2) is 0 Å². The predicted molar refractivity (Wildman–Crippen MR) is 49.2 cm³/mol. The minimum absolute atomic E-state index is 0.242. The molecule has 76 valence electrons. The van der Waals surface area contributed by atoms with Gasteiger partial charge in [-0.3, -0.25) is 4.79 Å². The summed E-state index contributed by atoms with van der Waals surface area (Å²) in [7, 11) is 1.61. The molecule has 0 radical (unpaired) electrons. The monoisotopic (exact) mass is 187 g/mol. The summed E-state index contributed by atoms with van der Waals surface area (Å²) in [6.45, 7) is 4.56. The first-order chi connectivity index (χ1) is 6.13. The van der Waals surface area contributed by atoms with Crippen LogP contribution in [0.3, 0.4) is 0 Å². The first kappa shape index (κ1) is 11.9. The van der Waals surface area contributed by atoms with Crippen LogP contribution in [0.15, 0.2) is 0 Å². The van der Waals surface area contributed by atoms with Crippen LogP contribution in [0, 0.1) is 0 Å². The molecule has 0 aliphatic carbocycles. The van der Waals surface area contributed by atoms with E-state index in [-0.39, 0.29) is 6.61 Å². The molecule has 4 nitrogen and oxygen atoms in total. The van der Waals surface area contributed by atoms with Crippen molar-refractivity contribution >= 4 is 11.9 Å². The fourth-order valence-corrected chi connectivity index (χ4v) is 0.845. The third-order valence-corrected chi connectivity index (χ3v) is 1.64. The summed E-state index contributed by atoms with van der Waals surface area (Å²) >= 11 is 0. The molecule has 0 aromatic rings. The van der Waals surface area contributed by atoms with Crippen LogP contribution < -0.4 is 0 Å². The van der Waals surface area contributed by atoms with Crippen molar-refractivity contribution in [3.8, 4) is 0 Å². The Morgan fingerprint density at radius 3 is 2.38 bits per heavy atom. The van der Waals surface area contributed by atoms with Crippen LogP contribution in [0.1, 0.15) is 26.7 Å². The average molecular weight is 187 g/mol. The Morgan fingerprint density at radius 2 is 1.92 bits per heavy atom. The first-order valence-electron chi connectivity index (χ1n) is 4.55. The lowest BCUT2D eigenvalue weighted by molar-refractivity contribution is -0.159. The number of amides is 1. The van der Waals surface area contributed by atoms with Gasteiger partial charge in [0.2, 0.25) is 0 Å². The summed E-state index contributed by atoms with van der Waals surface area (Å²) in [5.41, 5.74) is 0. The Labute approximate surface area is 78.9 Å². The molecule has 0 atom stereocenters. The lowest BCUT2D eigenvalue weighted by Gasteiger charge is -2.14. The number of ether oxygens (including phenoxy) is 1. The number of carbonyl (C=O) groups excluding carboxylic acids is 2. The number of rotatable bonds is 4. The van der Waals surface area contributed by atoms with E-state index in [4.69, 9.17) is 0 Å². The molecule has 0 N–H and O–H groups in total. The van der Waals surface area contributed by atoms with Gasteiger partial charge < -0.3 is 9.64 Å². The summed E-state index contributed by atoms with van der Waals surface area (Å²) in [6.07, 6.45) is 1.90. The third-order valence-electron chi connectivity index (χ3n) is 1.64. The molecule has 0 heterocycles. The summed E-state index contributed by atoms with van der Waals surface area (Å²) in [5.74, 6) is -1.32. The fourth-order valence-electron chi connectivity index (χ4n) is 0.845. The zero-order valence-electron chi connectivity index (χ0n) is 8.50. The topological polar surface area (TPSA) is 46.6 Å². The molecular weight excluding hydrogens is 170 g/mol.